The number of aryl methyl sites for hydroxylation is 2. The largest absolute Gasteiger partial charge is 0.384 e. The Kier molecular flexibility index (Phi) is 4.18. The van der Waals surface area contributed by atoms with Gasteiger partial charge in [-0.15, -0.1) is 0 Å². The van der Waals surface area contributed by atoms with Gasteiger partial charge < -0.3 is 15.8 Å². The molecule has 9 heteroatoms. The number of rotatable bonds is 5. The highest BCUT2D eigenvalue weighted by atomic mass is 32.2. The monoisotopic (exact) mass is 294 g/mol. The molecule has 0 saturated carbocycles. The molecular formula is C11H14N6O2S. The van der Waals surface area contributed by atoms with Gasteiger partial charge in [0, 0.05) is 24.4 Å². The van der Waals surface area contributed by atoms with Gasteiger partial charge in [-0.1, -0.05) is 11.8 Å². The molecule has 0 bridgehead atoms. The van der Waals surface area contributed by atoms with E-state index in [1.165, 1.54) is 18.0 Å². The quantitative estimate of drug-likeness (QED) is 0.385. The van der Waals surface area contributed by atoms with E-state index in [-0.39, 0.29) is 5.82 Å². The molecule has 0 aliphatic heterocycles. The smallest absolute Gasteiger partial charge is 0.342 e. The van der Waals surface area contributed by atoms with E-state index in [1.54, 1.807) is 17.6 Å². The molecule has 2 rings (SSSR count). The maximum Gasteiger partial charge on any atom is 0.342 e. The lowest BCUT2D eigenvalue weighted by molar-refractivity contribution is -0.392. The number of nitrogens with zero attached hydrogens (tertiary/aromatic N) is 5. The summed E-state index contributed by atoms with van der Waals surface area (Å²) in [5, 5.41) is 11.4. The van der Waals surface area contributed by atoms with Crippen molar-refractivity contribution in [2.75, 3.05) is 11.5 Å². The Labute approximate surface area is 119 Å². The second-order valence-electron chi connectivity index (χ2n) is 4.14. The molecule has 106 valence electrons. The van der Waals surface area contributed by atoms with Crippen molar-refractivity contribution in [2.24, 2.45) is 0 Å². The summed E-state index contributed by atoms with van der Waals surface area (Å²) in [6.45, 7) is 4.04. The molecule has 20 heavy (non-hydrogen) atoms. The molecule has 0 aliphatic carbocycles. The highest BCUT2D eigenvalue weighted by Crippen LogP contribution is 2.18. The van der Waals surface area contributed by atoms with Crippen molar-refractivity contribution in [2.45, 2.75) is 25.5 Å². The minimum absolute atomic E-state index is 0.00669. The topological polar surface area (TPSA) is 113 Å². The van der Waals surface area contributed by atoms with Gasteiger partial charge in [0.25, 0.3) is 0 Å². The van der Waals surface area contributed by atoms with Gasteiger partial charge in [-0.2, -0.15) is 0 Å². The Morgan fingerprint density at radius 3 is 2.85 bits per heavy atom. The van der Waals surface area contributed by atoms with E-state index in [4.69, 9.17) is 5.73 Å². The molecule has 0 aliphatic rings. The molecule has 8 nitrogen and oxygen atoms in total. The Morgan fingerprint density at radius 2 is 2.20 bits per heavy atom. The third-order valence-corrected chi connectivity index (χ3v) is 3.45. The van der Waals surface area contributed by atoms with Crippen LogP contribution in [0.15, 0.2) is 17.4 Å². The number of hydrogen-bond donors (Lipinski definition) is 1. The van der Waals surface area contributed by atoms with E-state index < -0.39 is 4.92 Å². The van der Waals surface area contributed by atoms with Gasteiger partial charge >= 0.3 is 5.82 Å². The summed E-state index contributed by atoms with van der Waals surface area (Å²) in [7, 11) is 0. The normalized spacial score (nSPS) is 10.7. The van der Waals surface area contributed by atoms with Crippen LogP contribution >= 0.6 is 11.8 Å². The van der Waals surface area contributed by atoms with E-state index in [2.05, 4.69) is 15.0 Å². The molecule has 2 N–H and O–H groups in total. The van der Waals surface area contributed by atoms with Crippen LogP contribution in [0.4, 0.5) is 11.6 Å². The first-order chi connectivity index (χ1) is 9.47. The fourth-order valence-electron chi connectivity index (χ4n) is 1.74. The van der Waals surface area contributed by atoms with Crippen molar-refractivity contribution >= 4 is 23.4 Å². The van der Waals surface area contributed by atoms with Gasteiger partial charge in [0.1, 0.15) is 18.6 Å². The highest BCUT2D eigenvalue weighted by molar-refractivity contribution is 7.99. The zero-order chi connectivity index (χ0) is 14.7. The van der Waals surface area contributed by atoms with Crippen LogP contribution in [0, 0.1) is 24.0 Å². The third kappa shape index (κ3) is 3.23. The minimum Gasteiger partial charge on any atom is -0.384 e. The summed E-state index contributed by atoms with van der Waals surface area (Å²) in [5.74, 6) is 1.63. The van der Waals surface area contributed by atoms with Gasteiger partial charge in [0.15, 0.2) is 11.0 Å². The lowest BCUT2D eigenvalue weighted by atomic mass is 10.4. The van der Waals surface area contributed by atoms with Crippen LogP contribution in [-0.4, -0.2) is 30.2 Å². The number of hydrogen-bond acceptors (Lipinski definition) is 7. The summed E-state index contributed by atoms with van der Waals surface area (Å²) in [6.07, 6.45) is 1.27. The van der Waals surface area contributed by atoms with Crippen LogP contribution < -0.4 is 5.73 Å². The van der Waals surface area contributed by atoms with Crippen LogP contribution in [0.1, 0.15) is 11.5 Å². The Balaban J connectivity index is 2.03. The van der Waals surface area contributed by atoms with Crippen molar-refractivity contribution in [1.82, 2.24) is 19.5 Å². The maximum atomic E-state index is 10.9. The van der Waals surface area contributed by atoms with E-state index in [1.807, 2.05) is 6.92 Å². The average Bonchev–Trinajstić information content (AvgIpc) is 2.70. The number of aromatic nitrogens is 4. The summed E-state index contributed by atoms with van der Waals surface area (Å²) in [6, 6.07) is 1.69. The standard InChI is InChI=1S/C11H14N6O2S/c1-7-5-9(12)15-11(14-7)20-4-3-16-8(2)13-6-10(16)17(18)19/h5-6H,3-4H2,1-2H3,(H2,12,14,15). The van der Waals surface area contributed by atoms with Crippen LogP contribution in [0.25, 0.3) is 0 Å². The Morgan fingerprint density at radius 1 is 1.45 bits per heavy atom. The van der Waals surface area contributed by atoms with E-state index in [0.717, 1.165) is 5.69 Å². The molecule has 0 unspecified atom stereocenters. The van der Waals surface area contributed by atoms with Gasteiger partial charge in [0.05, 0.1) is 0 Å². The molecule has 0 aromatic carbocycles. The summed E-state index contributed by atoms with van der Waals surface area (Å²) < 4.78 is 1.56. The van der Waals surface area contributed by atoms with Crippen molar-refractivity contribution in [3.8, 4) is 0 Å². The second-order valence-corrected chi connectivity index (χ2v) is 5.20. The zero-order valence-corrected chi connectivity index (χ0v) is 11.9. The van der Waals surface area contributed by atoms with E-state index in [0.29, 0.717) is 29.1 Å². The zero-order valence-electron chi connectivity index (χ0n) is 11.1. The van der Waals surface area contributed by atoms with Crippen LogP contribution in [-0.2, 0) is 6.54 Å². The van der Waals surface area contributed by atoms with Crippen LogP contribution in [0.5, 0.6) is 0 Å². The molecular weight excluding hydrogens is 280 g/mol. The number of anilines is 1. The fraction of sp³-hybridized carbons (Fsp3) is 0.364. The highest BCUT2D eigenvalue weighted by Gasteiger charge is 2.17. The predicted molar refractivity (Wildman–Crippen MR) is 75.5 cm³/mol. The number of thioether (sulfide) groups is 1. The number of nitrogen functional groups attached to an aromatic ring is 1. The number of imidazole rings is 1. The number of nitro groups is 1. The summed E-state index contributed by atoms with van der Waals surface area (Å²) in [5.41, 5.74) is 6.44. The molecule has 0 atom stereocenters. The minimum atomic E-state index is -0.439. The first-order valence-corrected chi connectivity index (χ1v) is 6.86. The SMILES string of the molecule is Cc1cc(N)nc(SCCn2c([N+](=O)[O-])cnc2C)n1. The van der Waals surface area contributed by atoms with E-state index in [9.17, 15) is 10.1 Å². The Bertz CT molecular complexity index is 622. The maximum absolute atomic E-state index is 10.9. The molecule has 0 amide bonds. The molecule has 2 aromatic heterocycles. The average molecular weight is 294 g/mol. The fourth-order valence-corrected chi connectivity index (χ4v) is 2.57. The number of nitrogens with two attached hydrogens (primary N) is 1. The van der Waals surface area contributed by atoms with Gasteiger partial charge in [0.2, 0.25) is 0 Å². The lowest BCUT2D eigenvalue weighted by Crippen LogP contribution is -2.07. The molecule has 0 fully saturated rings. The van der Waals surface area contributed by atoms with Gasteiger partial charge in [-0.3, -0.25) is 0 Å². The van der Waals surface area contributed by atoms with Gasteiger partial charge in [-0.05, 0) is 11.8 Å². The molecule has 0 saturated heterocycles. The lowest BCUT2D eigenvalue weighted by Gasteiger charge is -2.04. The predicted octanol–water partition coefficient (Wildman–Crippen LogP) is 1.57. The first-order valence-electron chi connectivity index (χ1n) is 5.88. The van der Waals surface area contributed by atoms with Crippen molar-refractivity contribution in [3.05, 3.63) is 33.9 Å². The van der Waals surface area contributed by atoms with Crippen molar-refractivity contribution in [3.63, 3.8) is 0 Å². The van der Waals surface area contributed by atoms with E-state index >= 15 is 0 Å². The third-order valence-electron chi connectivity index (χ3n) is 2.62. The molecule has 0 spiro atoms. The van der Waals surface area contributed by atoms with Crippen molar-refractivity contribution < 1.29 is 4.92 Å². The van der Waals surface area contributed by atoms with Crippen LogP contribution in [0.2, 0.25) is 0 Å². The first kappa shape index (κ1) is 14.3. The Hall–Kier alpha value is -2.16. The van der Waals surface area contributed by atoms with Crippen molar-refractivity contribution in [1.29, 1.82) is 0 Å². The summed E-state index contributed by atoms with van der Waals surface area (Å²) >= 11 is 1.40. The van der Waals surface area contributed by atoms with Crippen LogP contribution in [0.3, 0.4) is 0 Å². The van der Waals surface area contributed by atoms with Gasteiger partial charge in [-0.25, -0.2) is 19.5 Å². The second kappa shape index (κ2) is 5.87. The molecule has 2 aromatic rings. The summed E-state index contributed by atoms with van der Waals surface area (Å²) in [4.78, 5) is 22.7. The molecule has 2 heterocycles. The molecule has 0 radical (unpaired) electrons.